The summed E-state index contributed by atoms with van der Waals surface area (Å²) in [7, 11) is 0. The van der Waals surface area contributed by atoms with Crippen LogP contribution in [0.25, 0.3) is 5.52 Å². The van der Waals surface area contributed by atoms with Gasteiger partial charge in [-0.1, -0.05) is 12.8 Å². The Bertz CT molecular complexity index is 765. The van der Waals surface area contributed by atoms with Gasteiger partial charge in [-0.05, 0) is 25.8 Å². The van der Waals surface area contributed by atoms with Crippen molar-refractivity contribution in [1.29, 1.82) is 0 Å². The van der Waals surface area contributed by atoms with Crippen LogP contribution in [0, 0.1) is 6.92 Å². The summed E-state index contributed by atoms with van der Waals surface area (Å²) in [5.41, 5.74) is 3.10. The van der Waals surface area contributed by atoms with Crippen molar-refractivity contribution in [2.45, 2.75) is 38.5 Å². The van der Waals surface area contributed by atoms with E-state index in [1.54, 1.807) is 6.20 Å². The number of hydrogen-bond donors (Lipinski definition) is 2. The number of aromatic amines is 1. The first kappa shape index (κ1) is 12.4. The maximum absolute atomic E-state index is 4.55. The Morgan fingerprint density at radius 1 is 1.33 bits per heavy atom. The quantitative estimate of drug-likeness (QED) is 0.774. The Kier molecular flexibility index (Phi) is 2.87. The van der Waals surface area contributed by atoms with E-state index < -0.39 is 0 Å². The van der Waals surface area contributed by atoms with Gasteiger partial charge in [-0.25, -0.2) is 9.50 Å². The molecule has 1 fully saturated rings. The highest BCUT2D eigenvalue weighted by Crippen LogP contribution is 2.34. The lowest BCUT2D eigenvalue weighted by Crippen LogP contribution is -2.00. The first-order chi connectivity index (χ1) is 10.3. The smallest absolute Gasteiger partial charge is 0.157 e. The van der Waals surface area contributed by atoms with E-state index in [4.69, 9.17) is 0 Å². The zero-order valence-electron chi connectivity index (χ0n) is 12.0. The molecule has 0 aliphatic heterocycles. The fourth-order valence-electron chi connectivity index (χ4n) is 3.10. The summed E-state index contributed by atoms with van der Waals surface area (Å²) in [6.07, 6.45) is 8.85. The fraction of sp³-hybridized carbons (Fsp3) is 0.400. The molecule has 1 saturated carbocycles. The Hall–Kier alpha value is -2.37. The molecule has 108 valence electrons. The number of nitrogens with one attached hydrogen (secondary N) is 2. The van der Waals surface area contributed by atoms with E-state index in [1.807, 2.05) is 23.7 Å². The van der Waals surface area contributed by atoms with Crippen LogP contribution < -0.4 is 5.32 Å². The lowest BCUT2D eigenvalue weighted by atomic mass is 10.0. The van der Waals surface area contributed by atoms with E-state index in [9.17, 15) is 0 Å². The number of fused-ring (bicyclic) bond motifs is 1. The third kappa shape index (κ3) is 2.26. The van der Waals surface area contributed by atoms with E-state index in [-0.39, 0.29) is 0 Å². The van der Waals surface area contributed by atoms with Crippen molar-refractivity contribution in [2.24, 2.45) is 0 Å². The molecule has 0 atom stereocenters. The number of nitrogens with zero attached hydrogens (tertiary/aromatic N) is 4. The summed E-state index contributed by atoms with van der Waals surface area (Å²) in [4.78, 5) is 4.55. The van der Waals surface area contributed by atoms with Gasteiger partial charge >= 0.3 is 0 Å². The van der Waals surface area contributed by atoms with E-state index in [1.165, 1.54) is 31.4 Å². The molecule has 0 aromatic carbocycles. The summed E-state index contributed by atoms with van der Waals surface area (Å²) in [6, 6.07) is 4.05. The second-order valence-electron chi connectivity index (χ2n) is 5.71. The Morgan fingerprint density at radius 3 is 3.05 bits per heavy atom. The number of aromatic nitrogens is 5. The molecule has 4 rings (SSSR count). The van der Waals surface area contributed by atoms with Gasteiger partial charge in [-0.2, -0.15) is 10.2 Å². The highest BCUT2D eigenvalue weighted by atomic mass is 15.3. The molecule has 3 aromatic heterocycles. The minimum absolute atomic E-state index is 0.633. The van der Waals surface area contributed by atoms with Gasteiger partial charge in [0, 0.05) is 17.7 Å². The summed E-state index contributed by atoms with van der Waals surface area (Å²) in [5, 5.41) is 15.1. The van der Waals surface area contributed by atoms with Gasteiger partial charge in [-0.15, -0.1) is 0 Å². The molecule has 2 N–H and O–H groups in total. The lowest BCUT2D eigenvalue weighted by molar-refractivity contribution is 0.693. The van der Waals surface area contributed by atoms with Crippen molar-refractivity contribution in [1.82, 2.24) is 24.8 Å². The van der Waals surface area contributed by atoms with Crippen LogP contribution in [0.2, 0.25) is 0 Å². The number of hydrogen-bond acceptors (Lipinski definition) is 4. The van der Waals surface area contributed by atoms with Crippen molar-refractivity contribution in [2.75, 3.05) is 5.32 Å². The summed E-state index contributed by atoms with van der Waals surface area (Å²) in [6.45, 7) is 1.96. The van der Waals surface area contributed by atoms with Crippen LogP contribution in [0.4, 0.5) is 11.6 Å². The Balaban J connectivity index is 1.63. The second-order valence-corrected chi connectivity index (χ2v) is 5.71. The van der Waals surface area contributed by atoms with Crippen LogP contribution >= 0.6 is 0 Å². The zero-order valence-corrected chi connectivity index (χ0v) is 12.0. The average molecular weight is 282 g/mol. The molecular formula is C15H18N6. The molecule has 0 amide bonds. The lowest BCUT2D eigenvalue weighted by Gasteiger charge is -2.06. The number of rotatable bonds is 3. The van der Waals surface area contributed by atoms with Crippen LogP contribution in [-0.2, 0) is 0 Å². The standard InChI is InChI=1S/C15H18N6/c1-10-9-21-13(6-7-16-21)15(17-10)18-14-8-12(19-20-14)11-4-2-3-5-11/h6-9,11H,2-5H2,1H3,(H2,17,18,19,20). The molecule has 6 heteroatoms. The molecule has 0 unspecified atom stereocenters. The third-order valence-electron chi connectivity index (χ3n) is 4.15. The molecule has 1 aliphatic rings. The van der Waals surface area contributed by atoms with Gasteiger partial charge in [0.15, 0.2) is 11.6 Å². The minimum Gasteiger partial charge on any atom is -0.322 e. The van der Waals surface area contributed by atoms with Crippen LogP contribution in [0.1, 0.15) is 43.0 Å². The first-order valence-electron chi connectivity index (χ1n) is 7.43. The molecule has 6 nitrogen and oxygen atoms in total. The van der Waals surface area contributed by atoms with Crippen LogP contribution in [0.3, 0.4) is 0 Å². The monoisotopic (exact) mass is 282 g/mol. The molecule has 0 saturated heterocycles. The second kappa shape index (κ2) is 4.87. The molecular weight excluding hydrogens is 264 g/mol. The maximum atomic E-state index is 4.55. The molecule has 0 spiro atoms. The maximum Gasteiger partial charge on any atom is 0.157 e. The van der Waals surface area contributed by atoms with E-state index >= 15 is 0 Å². The van der Waals surface area contributed by atoms with Crippen molar-refractivity contribution < 1.29 is 0 Å². The van der Waals surface area contributed by atoms with Gasteiger partial charge < -0.3 is 5.32 Å². The molecule has 3 aromatic rings. The highest BCUT2D eigenvalue weighted by molar-refractivity contribution is 5.71. The van der Waals surface area contributed by atoms with E-state index in [0.717, 1.165) is 22.8 Å². The van der Waals surface area contributed by atoms with Gasteiger partial charge in [0.1, 0.15) is 5.52 Å². The predicted molar refractivity (Wildman–Crippen MR) is 80.8 cm³/mol. The summed E-state index contributed by atoms with van der Waals surface area (Å²) in [5.74, 6) is 2.24. The topological polar surface area (TPSA) is 70.9 Å². The summed E-state index contributed by atoms with van der Waals surface area (Å²) >= 11 is 0. The SMILES string of the molecule is Cc1cn2nccc2c(Nc2cc(C3CCCC3)[nH]n2)n1. The minimum atomic E-state index is 0.633. The fourth-order valence-corrected chi connectivity index (χ4v) is 3.10. The zero-order chi connectivity index (χ0) is 14.2. The van der Waals surface area contributed by atoms with Crippen molar-refractivity contribution in [3.8, 4) is 0 Å². The van der Waals surface area contributed by atoms with Crippen molar-refractivity contribution >= 4 is 17.2 Å². The molecule has 0 radical (unpaired) electrons. The largest absolute Gasteiger partial charge is 0.322 e. The Labute approximate surface area is 122 Å². The molecule has 0 bridgehead atoms. The Morgan fingerprint density at radius 2 is 2.19 bits per heavy atom. The first-order valence-corrected chi connectivity index (χ1v) is 7.43. The number of anilines is 2. The van der Waals surface area contributed by atoms with Gasteiger partial charge in [0.25, 0.3) is 0 Å². The van der Waals surface area contributed by atoms with Crippen LogP contribution in [0.15, 0.2) is 24.5 Å². The van der Waals surface area contributed by atoms with E-state index in [2.05, 4.69) is 31.7 Å². The van der Waals surface area contributed by atoms with Gasteiger partial charge in [-0.3, -0.25) is 5.10 Å². The van der Waals surface area contributed by atoms with Crippen molar-refractivity contribution in [3.63, 3.8) is 0 Å². The van der Waals surface area contributed by atoms with Gasteiger partial charge in [0.05, 0.1) is 18.1 Å². The third-order valence-corrected chi connectivity index (χ3v) is 4.15. The van der Waals surface area contributed by atoms with Crippen LogP contribution in [0.5, 0.6) is 0 Å². The molecule has 3 heterocycles. The number of aryl methyl sites for hydroxylation is 1. The average Bonchev–Trinajstić information content (AvgIpc) is 3.19. The molecule has 21 heavy (non-hydrogen) atoms. The predicted octanol–water partition coefficient (Wildman–Crippen LogP) is 3.16. The van der Waals surface area contributed by atoms with E-state index in [0.29, 0.717) is 5.92 Å². The normalized spacial score (nSPS) is 15.9. The molecule has 1 aliphatic carbocycles. The summed E-state index contributed by atoms with van der Waals surface area (Å²) < 4.78 is 1.83. The van der Waals surface area contributed by atoms with Crippen molar-refractivity contribution in [3.05, 3.63) is 35.9 Å². The van der Waals surface area contributed by atoms with Crippen LogP contribution in [-0.4, -0.2) is 24.8 Å². The van der Waals surface area contributed by atoms with Gasteiger partial charge in [0.2, 0.25) is 0 Å². The number of H-pyrrole nitrogens is 1. The highest BCUT2D eigenvalue weighted by Gasteiger charge is 2.19.